The van der Waals surface area contributed by atoms with Crippen molar-refractivity contribution >= 4 is 27.5 Å². The third-order valence-corrected chi connectivity index (χ3v) is 9.22. The lowest BCUT2D eigenvalue weighted by Crippen LogP contribution is -2.53. The van der Waals surface area contributed by atoms with Gasteiger partial charge in [-0.15, -0.1) is 0 Å². The van der Waals surface area contributed by atoms with Gasteiger partial charge in [0.05, 0.1) is 17.2 Å². The fraction of sp³-hybridized carbons (Fsp3) is 0.375. The van der Waals surface area contributed by atoms with E-state index in [4.69, 9.17) is 4.74 Å². The monoisotopic (exact) mass is 595 g/mol. The number of nitrogens with one attached hydrogen (secondary N) is 1. The van der Waals surface area contributed by atoms with E-state index in [1.807, 2.05) is 37.3 Å². The molecule has 8 nitrogen and oxygen atoms in total. The van der Waals surface area contributed by atoms with Gasteiger partial charge in [0, 0.05) is 12.6 Å². The molecule has 224 valence electrons. The van der Waals surface area contributed by atoms with Crippen molar-refractivity contribution < 1.29 is 27.1 Å². The number of benzene rings is 3. The fourth-order valence-electron chi connectivity index (χ4n) is 5.07. The topological polar surface area (TPSA) is 96.0 Å². The third kappa shape index (κ3) is 7.88. The van der Waals surface area contributed by atoms with Gasteiger partial charge in [-0.1, -0.05) is 49.6 Å². The molecule has 1 fully saturated rings. The second kappa shape index (κ2) is 14.3. The molecule has 1 aliphatic carbocycles. The molecule has 1 saturated carbocycles. The van der Waals surface area contributed by atoms with Gasteiger partial charge in [0.1, 0.15) is 24.2 Å². The number of hydrogen-bond donors (Lipinski definition) is 1. The highest BCUT2D eigenvalue weighted by Gasteiger charge is 2.33. The Kier molecular flexibility index (Phi) is 10.6. The number of amides is 2. The highest BCUT2D eigenvalue weighted by atomic mass is 32.2. The predicted molar refractivity (Wildman–Crippen MR) is 160 cm³/mol. The maximum absolute atomic E-state index is 14.0. The maximum atomic E-state index is 14.0. The normalized spacial score (nSPS) is 14.5. The highest BCUT2D eigenvalue weighted by molar-refractivity contribution is 7.92. The Morgan fingerprint density at radius 1 is 0.952 bits per heavy atom. The highest BCUT2D eigenvalue weighted by Crippen LogP contribution is 2.27. The zero-order valence-electron chi connectivity index (χ0n) is 24.0. The SMILES string of the molecule is CCOc1ccc(N(CC(=O)N(Cc2ccccc2)C(C)C(=O)NC2CCCCC2)S(=O)(=O)c2ccc(F)cc2)cc1. The summed E-state index contributed by atoms with van der Waals surface area (Å²) < 4.78 is 47.9. The average molecular weight is 596 g/mol. The number of carbonyl (C=O) groups is 2. The van der Waals surface area contributed by atoms with Crippen LogP contribution in [0.5, 0.6) is 5.75 Å². The van der Waals surface area contributed by atoms with Crippen LogP contribution in [-0.2, 0) is 26.2 Å². The van der Waals surface area contributed by atoms with E-state index in [-0.39, 0.29) is 29.1 Å². The number of carbonyl (C=O) groups excluding carboxylic acids is 2. The number of hydrogen-bond acceptors (Lipinski definition) is 5. The minimum Gasteiger partial charge on any atom is -0.494 e. The number of halogens is 1. The molecular weight excluding hydrogens is 557 g/mol. The first-order valence-corrected chi connectivity index (χ1v) is 15.8. The van der Waals surface area contributed by atoms with Crippen LogP contribution < -0.4 is 14.4 Å². The first kappa shape index (κ1) is 31.0. The summed E-state index contributed by atoms with van der Waals surface area (Å²) in [6.07, 6.45) is 5.03. The molecule has 4 rings (SSSR count). The van der Waals surface area contributed by atoms with Crippen molar-refractivity contribution in [2.24, 2.45) is 0 Å². The number of sulfonamides is 1. The van der Waals surface area contributed by atoms with Gasteiger partial charge in [-0.25, -0.2) is 12.8 Å². The number of ether oxygens (including phenoxy) is 1. The molecule has 2 amide bonds. The molecule has 0 aromatic heterocycles. The van der Waals surface area contributed by atoms with Crippen molar-refractivity contribution in [2.45, 2.75) is 69.5 Å². The van der Waals surface area contributed by atoms with Gasteiger partial charge in [0.25, 0.3) is 10.0 Å². The molecule has 0 aliphatic heterocycles. The molecule has 0 saturated heterocycles. The van der Waals surface area contributed by atoms with E-state index in [1.165, 1.54) is 17.0 Å². The van der Waals surface area contributed by atoms with Crippen molar-refractivity contribution in [2.75, 3.05) is 17.5 Å². The lowest BCUT2D eigenvalue weighted by molar-refractivity contribution is -0.139. The summed E-state index contributed by atoms with van der Waals surface area (Å²) in [6, 6.07) is 19.3. The first-order valence-electron chi connectivity index (χ1n) is 14.3. The summed E-state index contributed by atoms with van der Waals surface area (Å²) in [5, 5.41) is 3.09. The van der Waals surface area contributed by atoms with Crippen LogP contribution in [0.3, 0.4) is 0 Å². The van der Waals surface area contributed by atoms with Crippen LogP contribution in [0.1, 0.15) is 51.5 Å². The summed E-state index contributed by atoms with van der Waals surface area (Å²) in [4.78, 5) is 28.6. The van der Waals surface area contributed by atoms with Crippen LogP contribution in [0.4, 0.5) is 10.1 Å². The van der Waals surface area contributed by atoms with Gasteiger partial charge >= 0.3 is 0 Å². The lowest BCUT2D eigenvalue weighted by atomic mass is 9.95. The van der Waals surface area contributed by atoms with Crippen molar-refractivity contribution in [3.8, 4) is 5.75 Å². The Labute approximate surface area is 247 Å². The van der Waals surface area contributed by atoms with Crippen LogP contribution in [0.2, 0.25) is 0 Å². The van der Waals surface area contributed by atoms with Gasteiger partial charge < -0.3 is 15.0 Å². The fourth-order valence-corrected chi connectivity index (χ4v) is 6.48. The standard InChI is InChI=1S/C32H38FN3O5S/c1-3-41-29-18-16-28(17-19-29)36(42(39,40)30-20-14-26(33)15-21-30)23-31(37)35(22-25-10-6-4-7-11-25)24(2)32(38)34-27-12-8-5-9-13-27/h4,6-7,10-11,14-21,24,27H,3,5,8-9,12-13,22-23H2,1-2H3,(H,34,38). The zero-order chi connectivity index (χ0) is 30.1. The molecule has 1 unspecified atom stereocenters. The van der Waals surface area contributed by atoms with E-state index in [9.17, 15) is 22.4 Å². The van der Waals surface area contributed by atoms with Gasteiger partial charge in [0.2, 0.25) is 11.8 Å². The number of anilines is 1. The van der Waals surface area contributed by atoms with Crippen molar-refractivity contribution in [1.82, 2.24) is 10.2 Å². The first-order chi connectivity index (χ1) is 20.2. The van der Waals surface area contributed by atoms with Crippen LogP contribution in [0.25, 0.3) is 0 Å². The minimum absolute atomic E-state index is 0.0570. The van der Waals surface area contributed by atoms with Crippen LogP contribution in [0, 0.1) is 5.82 Å². The largest absolute Gasteiger partial charge is 0.494 e. The van der Waals surface area contributed by atoms with E-state index in [1.54, 1.807) is 31.2 Å². The number of rotatable bonds is 12. The van der Waals surface area contributed by atoms with Crippen LogP contribution in [0.15, 0.2) is 83.8 Å². The molecule has 1 N–H and O–H groups in total. The molecule has 0 heterocycles. The number of nitrogens with zero attached hydrogens (tertiary/aromatic N) is 2. The molecule has 10 heteroatoms. The Morgan fingerprint density at radius 3 is 2.21 bits per heavy atom. The average Bonchev–Trinajstić information content (AvgIpc) is 3.00. The molecular formula is C32H38FN3O5S. The Hall–Kier alpha value is -3.92. The molecule has 1 atom stereocenters. The van der Waals surface area contributed by atoms with Crippen molar-refractivity contribution in [3.05, 3.63) is 90.2 Å². The van der Waals surface area contributed by atoms with Gasteiger partial charge in [-0.3, -0.25) is 13.9 Å². The van der Waals surface area contributed by atoms with E-state index in [2.05, 4.69) is 5.32 Å². The summed E-state index contributed by atoms with van der Waals surface area (Å²) in [6.45, 7) is 3.48. The van der Waals surface area contributed by atoms with Gasteiger partial charge in [0.15, 0.2) is 0 Å². The second-order valence-electron chi connectivity index (χ2n) is 10.4. The molecule has 0 bridgehead atoms. The third-order valence-electron chi connectivity index (χ3n) is 7.43. The Balaban J connectivity index is 1.66. The Bertz CT molecular complexity index is 1430. The Morgan fingerprint density at radius 2 is 1.60 bits per heavy atom. The van der Waals surface area contributed by atoms with Crippen LogP contribution in [-0.4, -0.2) is 50.4 Å². The van der Waals surface area contributed by atoms with Gasteiger partial charge in [-0.05, 0) is 80.8 Å². The minimum atomic E-state index is -4.29. The summed E-state index contributed by atoms with van der Waals surface area (Å²) >= 11 is 0. The van der Waals surface area contributed by atoms with E-state index >= 15 is 0 Å². The smallest absolute Gasteiger partial charge is 0.264 e. The quantitative estimate of drug-likeness (QED) is 0.307. The summed E-state index contributed by atoms with van der Waals surface area (Å²) in [5.41, 5.74) is 1.03. The molecule has 0 radical (unpaired) electrons. The van der Waals surface area contributed by atoms with E-state index in [0.29, 0.717) is 12.4 Å². The molecule has 0 spiro atoms. The molecule has 3 aromatic rings. The van der Waals surface area contributed by atoms with E-state index in [0.717, 1.165) is 54.1 Å². The summed E-state index contributed by atoms with van der Waals surface area (Å²) in [5.74, 6) is -0.861. The lowest BCUT2D eigenvalue weighted by Gasteiger charge is -2.33. The molecule has 1 aliphatic rings. The van der Waals surface area contributed by atoms with Gasteiger partial charge in [-0.2, -0.15) is 0 Å². The van der Waals surface area contributed by atoms with Crippen molar-refractivity contribution in [3.63, 3.8) is 0 Å². The second-order valence-corrected chi connectivity index (χ2v) is 12.3. The van der Waals surface area contributed by atoms with Crippen LogP contribution >= 0.6 is 0 Å². The van der Waals surface area contributed by atoms with E-state index < -0.39 is 34.3 Å². The molecule has 3 aromatic carbocycles. The molecule has 42 heavy (non-hydrogen) atoms. The summed E-state index contributed by atoms with van der Waals surface area (Å²) in [7, 11) is -4.29. The zero-order valence-corrected chi connectivity index (χ0v) is 24.9. The predicted octanol–water partition coefficient (Wildman–Crippen LogP) is 5.29. The van der Waals surface area contributed by atoms with Crippen molar-refractivity contribution in [1.29, 1.82) is 0 Å². The maximum Gasteiger partial charge on any atom is 0.264 e.